The summed E-state index contributed by atoms with van der Waals surface area (Å²) < 4.78 is 0. The van der Waals surface area contributed by atoms with Crippen LogP contribution in [-0.4, -0.2) is 35.8 Å². The fraction of sp³-hybridized carbons (Fsp3) is 0.846. The maximum Gasteiger partial charge on any atom is 0.246 e. The van der Waals surface area contributed by atoms with E-state index in [0.717, 1.165) is 12.8 Å². The Labute approximate surface area is 104 Å². The predicted octanol–water partition coefficient (Wildman–Crippen LogP) is 1.55. The zero-order valence-corrected chi connectivity index (χ0v) is 11.3. The molecule has 2 unspecified atom stereocenters. The number of nitrogens with zero attached hydrogens (tertiary/aromatic N) is 1. The van der Waals surface area contributed by atoms with E-state index in [9.17, 15) is 9.59 Å². The maximum atomic E-state index is 11.9. The van der Waals surface area contributed by atoms with Gasteiger partial charge in [0, 0.05) is 19.5 Å². The van der Waals surface area contributed by atoms with Crippen LogP contribution in [0.3, 0.4) is 0 Å². The minimum absolute atomic E-state index is 0.0668. The van der Waals surface area contributed by atoms with Crippen molar-refractivity contribution in [3.8, 4) is 0 Å². The van der Waals surface area contributed by atoms with Crippen molar-refractivity contribution >= 4 is 11.8 Å². The topological polar surface area (TPSA) is 49.4 Å². The second kappa shape index (κ2) is 6.15. The van der Waals surface area contributed by atoms with E-state index in [4.69, 9.17) is 0 Å². The molecule has 0 aromatic heterocycles. The van der Waals surface area contributed by atoms with Gasteiger partial charge in [-0.3, -0.25) is 14.5 Å². The molecule has 1 fully saturated rings. The highest BCUT2D eigenvalue weighted by molar-refractivity contribution is 6.00. The van der Waals surface area contributed by atoms with E-state index in [1.54, 1.807) is 7.05 Å². The zero-order chi connectivity index (χ0) is 13.0. The highest BCUT2D eigenvalue weighted by Crippen LogP contribution is 2.14. The van der Waals surface area contributed by atoms with Crippen LogP contribution in [0, 0.1) is 5.92 Å². The van der Waals surface area contributed by atoms with Crippen LogP contribution < -0.4 is 5.32 Å². The first-order valence-corrected chi connectivity index (χ1v) is 6.48. The second-order valence-electron chi connectivity index (χ2n) is 5.42. The van der Waals surface area contributed by atoms with E-state index in [1.165, 1.54) is 4.90 Å². The van der Waals surface area contributed by atoms with Gasteiger partial charge in [0.1, 0.15) is 0 Å². The molecule has 0 aromatic rings. The van der Waals surface area contributed by atoms with Crippen LogP contribution in [0.25, 0.3) is 0 Å². The van der Waals surface area contributed by atoms with Crippen LogP contribution >= 0.6 is 0 Å². The van der Waals surface area contributed by atoms with E-state index in [1.807, 2.05) is 0 Å². The Balaban J connectivity index is 2.41. The summed E-state index contributed by atoms with van der Waals surface area (Å²) in [6.07, 6.45) is 3.33. The minimum Gasteiger partial charge on any atom is -0.303 e. The molecule has 0 spiro atoms. The van der Waals surface area contributed by atoms with Crippen molar-refractivity contribution in [2.24, 2.45) is 5.92 Å². The number of hydrogen-bond acceptors (Lipinski definition) is 3. The van der Waals surface area contributed by atoms with Crippen molar-refractivity contribution in [2.45, 2.75) is 58.5 Å². The molecule has 1 N–H and O–H groups in total. The maximum absolute atomic E-state index is 11.9. The van der Waals surface area contributed by atoms with Crippen LogP contribution in [0.4, 0.5) is 0 Å². The van der Waals surface area contributed by atoms with Crippen LogP contribution in [0.5, 0.6) is 0 Å². The molecular formula is C13H24N2O2. The average Bonchev–Trinajstić information content (AvgIpc) is 2.27. The van der Waals surface area contributed by atoms with Gasteiger partial charge in [-0.2, -0.15) is 0 Å². The first-order chi connectivity index (χ1) is 7.91. The van der Waals surface area contributed by atoms with E-state index in [2.05, 4.69) is 26.1 Å². The van der Waals surface area contributed by atoms with Crippen molar-refractivity contribution in [1.82, 2.24) is 10.2 Å². The lowest BCUT2D eigenvalue weighted by Crippen LogP contribution is -2.53. The molecular weight excluding hydrogens is 216 g/mol. The number of hydrogen-bond donors (Lipinski definition) is 1. The Morgan fingerprint density at radius 3 is 2.53 bits per heavy atom. The summed E-state index contributed by atoms with van der Waals surface area (Å²) in [5.74, 6) is 0.533. The number of piperidine rings is 1. The molecule has 1 rings (SSSR count). The van der Waals surface area contributed by atoms with E-state index in [0.29, 0.717) is 24.8 Å². The Bertz CT molecular complexity index is 289. The number of likely N-dealkylation sites (N-methyl/N-ethyl adjacent to an activating group) is 1. The van der Waals surface area contributed by atoms with Crippen LogP contribution in [0.2, 0.25) is 0 Å². The molecule has 1 saturated heterocycles. The van der Waals surface area contributed by atoms with Crippen molar-refractivity contribution in [3.05, 3.63) is 0 Å². The lowest BCUT2D eigenvalue weighted by molar-refractivity contribution is -0.148. The van der Waals surface area contributed by atoms with Crippen molar-refractivity contribution in [3.63, 3.8) is 0 Å². The Morgan fingerprint density at radius 2 is 1.94 bits per heavy atom. The molecule has 4 heteroatoms. The van der Waals surface area contributed by atoms with Gasteiger partial charge in [-0.25, -0.2) is 0 Å². The summed E-state index contributed by atoms with van der Waals surface area (Å²) in [4.78, 5) is 24.4. The molecule has 0 bridgehead atoms. The summed E-state index contributed by atoms with van der Waals surface area (Å²) in [7, 11) is 1.57. The minimum atomic E-state index is -0.181. The summed E-state index contributed by atoms with van der Waals surface area (Å²) in [5.41, 5.74) is 0. The third-order valence-corrected chi connectivity index (χ3v) is 3.31. The smallest absolute Gasteiger partial charge is 0.246 e. The van der Waals surface area contributed by atoms with Gasteiger partial charge in [-0.15, -0.1) is 0 Å². The van der Waals surface area contributed by atoms with Gasteiger partial charge in [0.2, 0.25) is 11.8 Å². The van der Waals surface area contributed by atoms with Gasteiger partial charge in [0.15, 0.2) is 0 Å². The highest BCUT2D eigenvalue weighted by Gasteiger charge is 2.32. The monoisotopic (exact) mass is 240 g/mol. The summed E-state index contributed by atoms with van der Waals surface area (Å²) >= 11 is 0. The summed E-state index contributed by atoms with van der Waals surface area (Å²) in [6.45, 7) is 6.50. The Morgan fingerprint density at radius 1 is 1.29 bits per heavy atom. The number of likely N-dealkylation sites (tertiary alicyclic amines) is 1. The van der Waals surface area contributed by atoms with E-state index >= 15 is 0 Å². The van der Waals surface area contributed by atoms with Gasteiger partial charge in [0.25, 0.3) is 0 Å². The first kappa shape index (κ1) is 14.2. The quantitative estimate of drug-likeness (QED) is 0.742. The number of amides is 2. The highest BCUT2D eigenvalue weighted by atomic mass is 16.2. The molecule has 1 aliphatic rings. The van der Waals surface area contributed by atoms with Crippen LogP contribution in [-0.2, 0) is 9.59 Å². The summed E-state index contributed by atoms with van der Waals surface area (Å²) in [6, 6.07) is 0.146. The fourth-order valence-corrected chi connectivity index (χ4v) is 2.08. The lowest BCUT2D eigenvalue weighted by atomic mass is 10.0. The van der Waals surface area contributed by atoms with Crippen LogP contribution in [0.1, 0.15) is 46.5 Å². The van der Waals surface area contributed by atoms with Crippen LogP contribution in [0.15, 0.2) is 0 Å². The Kier molecular flexibility index (Phi) is 5.12. The normalized spacial score (nSPS) is 23.4. The van der Waals surface area contributed by atoms with Gasteiger partial charge in [-0.1, -0.05) is 13.8 Å². The van der Waals surface area contributed by atoms with E-state index < -0.39 is 0 Å². The van der Waals surface area contributed by atoms with Gasteiger partial charge < -0.3 is 5.32 Å². The number of imide groups is 1. The molecule has 17 heavy (non-hydrogen) atoms. The third-order valence-electron chi connectivity index (χ3n) is 3.31. The first-order valence-electron chi connectivity index (χ1n) is 6.48. The Hall–Kier alpha value is -0.900. The predicted molar refractivity (Wildman–Crippen MR) is 67.5 cm³/mol. The van der Waals surface area contributed by atoms with Gasteiger partial charge >= 0.3 is 0 Å². The molecule has 98 valence electrons. The van der Waals surface area contributed by atoms with Gasteiger partial charge in [0.05, 0.1) is 6.04 Å². The molecule has 0 radical (unpaired) electrons. The average molecular weight is 240 g/mol. The molecule has 0 saturated carbocycles. The molecule has 1 aliphatic heterocycles. The number of carbonyl (C=O) groups excluding carboxylic acids is 2. The summed E-state index contributed by atoms with van der Waals surface area (Å²) in [5, 5.41) is 3.33. The number of nitrogens with one attached hydrogen (secondary N) is 1. The largest absolute Gasteiger partial charge is 0.303 e. The SMILES string of the molecule is CC(C)CCC(C)NC1CCC(=O)N(C)C1=O. The number of carbonyl (C=O) groups is 2. The fourth-order valence-electron chi connectivity index (χ4n) is 2.08. The zero-order valence-electron chi connectivity index (χ0n) is 11.3. The van der Waals surface area contributed by atoms with E-state index in [-0.39, 0.29) is 17.9 Å². The van der Waals surface area contributed by atoms with Crippen molar-refractivity contribution in [2.75, 3.05) is 7.05 Å². The molecule has 1 heterocycles. The van der Waals surface area contributed by atoms with Gasteiger partial charge in [-0.05, 0) is 32.1 Å². The third kappa shape index (κ3) is 4.11. The molecule has 0 aromatic carbocycles. The molecule has 4 nitrogen and oxygen atoms in total. The second-order valence-corrected chi connectivity index (χ2v) is 5.42. The van der Waals surface area contributed by atoms with Crippen molar-refractivity contribution in [1.29, 1.82) is 0 Å². The molecule has 2 amide bonds. The lowest BCUT2D eigenvalue weighted by Gasteiger charge is -2.30. The molecule has 2 atom stereocenters. The molecule has 0 aliphatic carbocycles. The van der Waals surface area contributed by atoms with Crippen molar-refractivity contribution < 1.29 is 9.59 Å². The number of rotatable bonds is 5. The standard InChI is InChI=1S/C13H24N2O2/c1-9(2)5-6-10(3)14-11-7-8-12(16)15(4)13(11)17/h9-11,14H,5-8H2,1-4H3.